The maximum atomic E-state index is 13.3. The van der Waals surface area contributed by atoms with Crippen molar-refractivity contribution in [3.63, 3.8) is 0 Å². The van der Waals surface area contributed by atoms with Gasteiger partial charge in [0.05, 0.1) is 4.47 Å². The molecule has 0 fully saturated rings. The van der Waals surface area contributed by atoms with Gasteiger partial charge in [0.25, 0.3) is 5.91 Å². The molecular formula is C14H19BrFNO. The lowest BCUT2D eigenvalue weighted by Gasteiger charge is -2.17. The van der Waals surface area contributed by atoms with E-state index >= 15 is 0 Å². The standard InChI is InChI=1S/C14H19BrFNO/c1-4-9(2)7-10(3)17-14(18)11-5-6-12(15)13(16)8-11/h5-6,8-10H,4,7H2,1-3H3,(H,17,18). The molecular weight excluding hydrogens is 297 g/mol. The lowest BCUT2D eigenvalue weighted by Crippen LogP contribution is -2.33. The van der Waals surface area contributed by atoms with Crippen molar-refractivity contribution in [3.8, 4) is 0 Å². The molecule has 4 heteroatoms. The molecule has 0 heterocycles. The van der Waals surface area contributed by atoms with Crippen molar-refractivity contribution >= 4 is 21.8 Å². The van der Waals surface area contributed by atoms with Crippen molar-refractivity contribution in [2.45, 2.75) is 39.7 Å². The summed E-state index contributed by atoms with van der Waals surface area (Å²) in [4.78, 5) is 11.9. The second kappa shape index (κ2) is 6.88. The van der Waals surface area contributed by atoms with Crippen LogP contribution in [0.5, 0.6) is 0 Å². The summed E-state index contributed by atoms with van der Waals surface area (Å²) in [5.74, 6) is -0.0728. The highest BCUT2D eigenvalue weighted by molar-refractivity contribution is 9.10. The average Bonchev–Trinajstić information content (AvgIpc) is 2.32. The van der Waals surface area contributed by atoms with E-state index in [0.29, 0.717) is 16.0 Å². The first kappa shape index (κ1) is 15.2. The van der Waals surface area contributed by atoms with E-state index in [-0.39, 0.29) is 11.9 Å². The van der Waals surface area contributed by atoms with E-state index in [2.05, 4.69) is 35.1 Å². The molecule has 2 nitrogen and oxygen atoms in total. The average molecular weight is 316 g/mol. The number of halogens is 2. The van der Waals surface area contributed by atoms with Gasteiger partial charge in [-0.2, -0.15) is 0 Å². The van der Waals surface area contributed by atoms with Crippen LogP contribution in [0.1, 0.15) is 44.0 Å². The van der Waals surface area contributed by atoms with Gasteiger partial charge in [0.1, 0.15) is 5.82 Å². The van der Waals surface area contributed by atoms with E-state index in [1.54, 1.807) is 12.1 Å². The summed E-state index contributed by atoms with van der Waals surface area (Å²) in [6, 6.07) is 4.50. The number of rotatable bonds is 5. The molecule has 2 atom stereocenters. The van der Waals surface area contributed by atoms with Gasteiger partial charge in [0.2, 0.25) is 0 Å². The van der Waals surface area contributed by atoms with Crippen molar-refractivity contribution in [3.05, 3.63) is 34.1 Å². The van der Waals surface area contributed by atoms with Crippen molar-refractivity contribution in [1.29, 1.82) is 0 Å². The van der Waals surface area contributed by atoms with Crippen LogP contribution >= 0.6 is 15.9 Å². The Balaban J connectivity index is 2.62. The second-order valence-electron chi connectivity index (χ2n) is 4.75. The van der Waals surface area contributed by atoms with Crippen LogP contribution in [0.15, 0.2) is 22.7 Å². The van der Waals surface area contributed by atoms with E-state index in [0.717, 1.165) is 12.8 Å². The smallest absolute Gasteiger partial charge is 0.251 e. The number of hydrogen-bond acceptors (Lipinski definition) is 1. The van der Waals surface area contributed by atoms with E-state index < -0.39 is 5.82 Å². The van der Waals surface area contributed by atoms with Gasteiger partial charge >= 0.3 is 0 Å². The highest BCUT2D eigenvalue weighted by Gasteiger charge is 2.13. The molecule has 1 N–H and O–H groups in total. The fraction of sp³-hybridized carbons (Fsp3) is 0.500. The van der Waals surface area contributed by atoms with Crippen molar-refractivity contribution < 1.29 is 9.18 Å². The number of amides is 1. The molecule has 1 aromatic carbocycles. The fourth-order valence-electron chi connectivity index (χ4n) is 1.77. The molecule has 0 radical (unpaired) electrons. The lowest BCUT2D eigenvalue weighted by molar-refractivity contribution is 0.0935. The predicted octanol–water partition coefficient (Wildman–Crippen LogP) is 4.14. The third-order valence-corrected chi connectivity index (χ3v) is 3.66. The fourth-order valence-corrected chi connectivity index (χ4v) is 2.02. The Morgan fingerprint density at radius 3 is 2.67 bits per heavy atom. The summed E-state index contributed by atoms with van der Waals surface area (Å²) in [6.45, 7) is 6.25. The molecule has 1 amide bonds. The zero-order valence-corrected chi connectivity index (χ0v) is 12.6. The Morgan fingerprint density at radius 2 is 2.11 bits per heavy atom. The third-order valence-electron chi connectivity index (χ3n) is 3.01. The zero-order chi connectivity index (χ0) is 13.7. The summed E-state index contributed by atoms with van der Waals surface area (Å²) in [7, 11) is 0. The minimum atomic E-state index is -0.419. The molecule has 0 aliphatic rings. The van der Waals surface area contributed by atoms with Crippen LogP contribution in [0, 0.1) is 11.7 Å². The van der Waals surface area contributed by atoms with Crippen LogP contribution < -0.4 is 5.32 Å². The zero-order valence-electron chi connectivity index (χ0n) is 11.0. The summed E-state index contributed by atoms with van der Waals surface area (Å²) in [6.07, 6.45) is 2.02. The van der Waals surface area contributed by atoms with E-state index in [9.17, 15) is 9.18 Å². The van der Waals surface area contributed by atoms with E-state index in [1.807, 2.05) is 6.92 Å². The van der Waals surface area contributed by atoms with Crippen LogP contribution in [0.4, 0.5) is 4.39 Å². The Morgan fingerprint density at radius 1 is 1.44 bits per heavy atom. The predicted molar refractivity (Wildman–Crippen MR) is 75.1 cm³/mol. The van der Waals surface area contributed by atoms with Crippen LogP contribution in [0.3, 0.4) is 0 Å². The summed E-state index contributed by atoms with van der Waals surface area (Å²) in [5, 5.41) is 2.89. The van der Waals surface area contributed by atoms with Crippen LogP contribution in [0.25, 0.3) is 0 Å². The van der Waals surface area contributed by atoms with E-state index in [1.165, 1.54) is 6.07 Å². The third kappa shape index (κ3) is 4.41. The van der Waals surface area contributed by atoms with E-state index in [4.69, 9.17) is 0 Å². The van der Waals surface area contributed by atoms with Gasteiger partial charge in [-0.05, 0) is 53.4 Å². The van der Waals surface area contributed by atoms with Gasteiger partial charge in [0, 0.05) is 11.6 Å². The van der Waals surface area contributed by atoms with Crippen LogP contribution in [-0.4, -0.2) is 11.9 Å². The number of hydrogen-bond donors (Lipinski definition) is 1. The van der Waals surface area contributed by atoms with Gasteiger partial charge < -0.3 is 5.32 Å². The quantitative estimate of drug-likeness (QED) is 0.869. The van der Waals surface area contributed by atoms with Crippen LogP contribution in [0.2, 0.25) is 0 Å². The Labute approximate surface area is 116 Å². The molecule has 0 saturated heterocycles. The van der Waals surface area contributed by atoms with Gasteiger partial charge in [-0.1, -0.05) is 20.3 Å². The Kier molecular flexibility index (Phi) is 5.79. The molecule has 1 aromatic rings. The molecule has 0 saturated carbocycles. The number of benzene rings is 1. The van der Waals surface area contributed by atoms with Gasteiger partial charge in [-0.3, -0.25) is 4.79 Å². The molecule has 0 aliphatic carbocycles. The molecule has 0 aliphatic heterocycles. The Bertz CT molecular complexity index is 422. The van der Waals surface area contributed by atoms with Gasteiger partial charge in [-0.15, -0.1) is 0 Å². The maximum absolute atomic E-state index is 13.3. The van der Waals surface area contributed by atoms with Gasteiger partial charge in [0.15, 0.2) is 0 Å². The molecule has 0 aromatic heterocycles. The number of carbonyl (C=O) groups is 1. The topological polar surface area (TPSA) is 29.1 Å². The normalized spacial score (nSPS) is 14.1. The lowest BCUT2D eigenvalue weighted by atomic mass is 10.00. The summed E-state index contributed by atoms with van der Waals surface area (Å²) >= 11 is 3.06. The molecule has 0 bridgehead atoms. The SMILES string of the molecule is CCC(C)CC(C)NC(=O)c1ccc(Br)c(F)c1. The first-order valence-corrected chi connectivity index (χ1v) is 6.99. The molecule has 0 spiro atoms. The van der Waals surface area contributed by atoms with Crippen molar-refractivity contribution in [2.24, 2.45) is 5.92 Å². The second-order valence-corrected chi connectivity index (χ2v) is 5.61. The van der Waals surface area contributed by atoms with Gasteiger partial charge in [-0.25, -0.2) is 4.39 Å². The van der Waals surface area contributed by atoms with Crippen molar-refractivity contribution in [1.82, 2.24) is 5.32 Å². The van der Waals surface area contributed by atoms with Crippen molar-refractivity contribution in [2.75, 3.05) is 0 Å². The molecule has 1 rings (SSSR count). The highest BCUT2D eigenvalue weighted by Crippen LogP contribution is 2.17. The summed E-state index contributed by atoms with van der Waals surface area (Å²) in [5.41, 5.74) is 0.353. The Hall–Kier alpha value is -0.900. The highest BCUT2D eigenvalue weighted by atomic mass is 79.9. The largest absolute Gasteiger partial charge is 0.350 e. The summed E-state index contributed by atoms with van der Waals surface area (Å²) < 4.78 is 13.7. The maximum Gasteiger partial charge on any atom is 0.251 e. The number of nitrogens with one attached hydrogen (secondary N) is 1. The number of carbonyl (C=O) groups excluding carboxylic acids is 1. The van der Waals surface area contributed by atoms with Crippen LogP contribution in [-0.2, 0) is 0 Å². The minimum Gasteiger partial charge on any atom is -0.350 e. The molecule has 18 heavy (non-hydrogen) atoms. The molecule has 2 unspecified atom stereocenters. The minimum absolute atomic E-state index is 0.0964. The first-order valence-electron chi connectivity index (χ1n) is 6.20. The monoisotopic (exact) mass is 315 g/mol. The molecule has 100 valence electrons. The first-order chi connectivity index (χ1) is 8.43.